The van der Waals surface area contributed by atoms with Crippen molar-refractivity contribution in [3.05, 3.63) is 93.5 Å². The lowest BCUT2D eigenvalue weighted by Crippen LogP contribution is -2.12. The third-order valence-corrected chi connectivity index (χ3v) is 3.91. The van der Waals surface area contributed by atoms with Crippen LogP contribution < -0.4 is 10.6 Å². The summed E-state index contributed by atoms with van der Waals surface area (Å²) in [4.78, 5) is 22.4. The SMILES string of the molecule is O=C(Nc1ccc(Nc2ccccc2)cc1)c1ccc([N+](=O)[O-])c(Cl)c1. The number of benzene rings is 3. The number of amides is 1. The Labute approximate surface area is 154 Å². The van der Waals surface area contributed by atoms with E-state index < -0.39 is 10.8 Å². The summed E-state index contributed by atoms with van der Waals surface area (Å²) in [5, 5.41) is 16.7. The van der Waals surface area contributed by atoms with Crippen LogP contribution in [0.3, 0.4) is 0 Å². The molecular formula is C19H14ClN3O3. The maximum absolute atomic E-state index is 12.3. The van der Waals surface area contributed by atoms with Gasteiger partial charge in [0.25, 0.3) is 11.6 Å². The van der Waals surface area contributed by atoms with Crippen LogP contribution in [0.15, 0.2) is 72.8 Å². The fourth-order valence-corrected chi connectivity index (χ4v) is 2.57. The van der Waals surface area contributed by atoms with E-state index >= 15 is 0 Å². The van der Waals surface area contributed by atoms with E-state index in [2.05, 4.69) is 10.6 Å². The van der Waals surface area contributed by atoms with Gasteiger partial charge in [0, 0.05) is 28.7 Å². The third-order valence-electron chi connectivity index (χ3n) is 3.61. The second-order valence-corrected chi connectivity index (χ2v) is 5.85. The molecule has 0 fully saturated rings. The van der Waals surface area contributed by atoms with Crippen LogP contribution in [0.1, 0.15) is 10.4 Å². The van der Waals surface area contributed by atoms with Crippen LogP contribution in [0.2, 0.25) is 5.02 Å². The zero-order chi connectivity index (χ0) is 18.5. The largest absolute Gasteiger partial charge is 0.356 e. The first-order chi connectivity index (χ1) is 12.5. The number of hydrogen-bond acceptors (Lipinski definition) is 4. The average Bonchev–Trinajstić information content (AvgIpc) is 2.64. The highest BCUT2D eigenvalue weighted by molar-refractivity contribution is 6.33. The number of hydrogen-bond donors (Lipinski definition) is 2. The van der Waals surface area contributed by atoms with E-state index in [4.69, 9.17) is 11.6 Å². The van der Waals surface area contributed by atoms with E-state index in [-0.39, 0.29) is 16.3 Å². The molecule has 3 aromatic carbocycles. The predicted octanol–water partition coefficient (Wildman–Crippen LogP) is 5.24. The van der Waals surface area contributed by atoms with Gasteiger partial charge in [-0.1, -0.05) is 29.8 Å². The van der Waals surface area contributed by atoms with Crippen LogP contribution >= 0.6 is 11.6 Å². The first-order valence-corrected chi connectivity index (χ1v) is 8.08. The summed E-state index contributed by atoms with van der Waals surface area (Å²) in [6, 6.07) is 20.8. The minimum atomic E-state index is -0.595. The summed E-state index contributed by atoms with van der Waals surface area (Å²) in [5.41, 5.74) is 2.45. The Hall–Kier alpha value is -3.38. The Balaban J connectivity index is 1.68. The Bertz CT molecular complexity index is 944. The summed E-state index contributed by atoms with van der Waals surface area (Å²) in [7, 11) is 0. The van der Waals surface area contributed by atoms with Crippen molar-refractivity contribution in [3.8, 4) is 0 Å². The van der Waals surface area contributed by atoms with Crippen molar-refractivity contribution in [1.29, 1.82) is 0 Å². The maximum Gasteiger partial charge on any atom is 0.287 e. The highest BCUT2D eigenvalue weighted by atomic mass is 35.5. The van der Waals surface area contributed by atoms with Crippen molar-refractivity contribution in [1.82, 2.24) is 0 Å². The van der Waals surface area contributed by atoms with Gasteiger partial charge >= 0.3 is 0 Å². The minimum Gasteiger partial charge on any atom is -0.356 e. The molecule has 7 heteroatoms. The van der Waals surface area contributed by atoms with Gasteiger partial charge in [-0.2, -0.15) is 0 Å². The molecule has 0 aliphatic rings. The quantitative estimate of drug-likeness (QED) is 0.476. The molecule has 3 rings (SSSR count). The molecule has 0 bridgehead atoms. The van der Waals surface area contributed by atoms with Gasteiger partial charge in [-0.3, -0.25) is 14.9 Å². The molecule has 0 atom stereocenters. The van der Waals surface area contributed by atoms with Crippen molar-refractivity contribution in [2.75, 3.05) is 10.6 Å². The second-order valence-electron chi connectivity index (χ2n) is 5.45. The van der Waals surface area contributed by atoms with Crippen LogP contribution in [0.4, 0.5) is 22.7 Å². The van der Waals surface area contributed by atoms with E-state index in [1.807, 2.05) is 42.5 Å². The summed E-state index contributed by atoms with van der Waals surface area (Å²) in [6.07, 6.45) is 0. The van der Waals surface area contributed by atoms with Crippen LogP contribution in [0.25, 0.3) is 0 Å². The predicted molar refractivity (Wildman–Crippen MR) is 102 cm³/mol. The van der Waals surface area contributed by atoms with Crippen molar-refractivity contribution >= 4 is 40.3 Å². The lowest BCUT2D eigenvalue weighted by Gasteiger charge is -2.09. The van der Waals surface area contributed by atoms with Gasteiger partial charge < -0.3 is 10.6 Å². The van der Waals surface area contributed by atoms with E-state index in [0.29, 0.717) is 5.69 Å². The Morgan fingerprint density at radius 3 is 2.12 bits per heavy atom. The molecule has 130 valence electrons. The molecule has 2 N–H and O–H groups in total. The molecule has 0 aromatic heterocycles. The number of nitrogens with one attached hydrogen (secondary N) is 2. The number of nitro groups is 1. The Kier molecular flexibility index (Phi) is 5.15. The molecule has 0 spiro atoms. The molecule has 0 saturated heterocycles. The van der Waals surface area contributed by atoms with Gasteiger partial charge in [-0.25, -0.2) is 0 Å². The summed E-state index contributed by atoms with van der Waals surface area (Å²) in [6.45, 7) is 0. The fourth-order valence-electron chi connectivity index (χ4n) is 2.32. The highest BCUT2D eigenvalue weighted by Crippen LogP contribution is 2.25. The number of carbonyl (C=O) groups excluding carboxylic acids is 1. The average molecular weight is 368 g/mol. The van der Waals surface area contributed by atoms with Gasteiger partial charge in [0.2, 0.25) is 0 Å². The molecule has 0 heterocycles. The number of para-hydroxylation sites is 1. The Morgan fingerprint density at radius 2 is 1.50 bits per heavy atom. The monoisotopic (exact) mass is 367 g/mol. The number of nitro benzene ring substituents is 1. The maximum atomic E-state index is 12.3. The molecular weight excluding hydrogens is 354 g/mol. The van der Waals surface area contributed by atoms with Gasteiger partial charge in [-0.05, 0) is 48.5 Å². The number of nitrogens with zero attached hydrogens (tertiary/aromatic N) is 1. The van der Waals surface area contributed by atoms with Crippen molar-refractivity contribution in [2.45, 2.75) is 0 Å². The summed E-state index contributed by atoms with van der Waals surface area (Å²) >= 11 is 5.84. The third kappa shape index (κ3) is 4.17. The standard InChI is InChI=1S/C19H14ClN3O3/c20-17-12-13(6-11-18(17)23(25)26)19(24)22-16-9-7-15(8-10-16)21-14-4-2-1-3-5-14/h1-12,21H,(H,22,24). The van der Waals surface area contributed by atoms with E-state index in [9.17, 15) is 14.9 Å². The normalized spacial score (nSPS) is 10.2. The molecule has 6 nitrogen and oxygen atoms in total. The Morgan fingerprint density at radius 1 is 0.885 bits per heavy atom. The molecule has 1 amide bonds. The first kappa shape index (κ1) is 17.4. The number of halogens is 1. The zero-order valence-corrected chi connectivity index (χ0v) is 14.2. The van der Waals surface area contributed by atoms with E-state index in [1.54, 1.807) is 12.1 Å². The molecule has 0 unspecified atom stereocenters. The smallest absolute Gasteiger partial charge is 0.287 e. The lowest BCUT2D eigenvalue weighted by molar-refractivity contribution is -0.384. The fraction of sp³-hybridized carbons (Fsp3) is 0. The molecule has 0 radical (unpaired) electrons. The van der Waals surface area contributed by atoms with Crippen LogP contribution in [-0.4, -0.2) is 10.8 Å². The van der Waals surface area contributed by atoms with Crippen molar-refractivity contribution in [2.24, 2.45) is 0 Å². The number of anilines is 3. The van der Waals surface area contributed by atoms with Crippen LogP contribution in [0, 0.1) is 10.1 Å². The minimum absolute atomic E-state index is 0.0786. The van der Waals surface area contributed by atoms with Crippen molar-refractivity contribution < 1.29 is 9.72 Å². The highest BCUT2D eigenvalue weighted by Gasteiger charge is 2.15. The summed E-state index contributed by atoms with van der Waals surface area (Å²) in [5.74, 6) is -0.398. The van der Waals surface area contributed by atoms with Gasteiger partial charge in [0.05, 0.1) is 4.92 Å². The number of carbonyl (C=O) groups is 1. The van der Waals surface area contributed by atoms with E-state index in [0.717, 1.165) is 11.4 Å². The summed E-state index contributed by atoms with van der Waals surface area (Å²) < 4.78 is 0. The van der Waals surface area contributed by atoms with Gasteiger partial charge in [-0.15, -0.1) is 0 Å². The first-order valence-electron chi connectivity index (χ1n) is 7.70. The van der Waals surface area contributed by atoms with Gasteiger partial charge in [0.1, 0.15) is 5.02 Å². The van der Waals surface area contributed by atoms with Crippen LogP contribution in [0.5, 0.6) is 0 Å². The lowest BCUT2D eigenvalue weighted by atomic mass is 10.2. The molecule has 0 saturated carbocycles. The van der Waals surface area contributed by atoms with Crippen molar-refractivity contribution in [3.63, 3.8) is 0 Å². The second kappa shape index (κ2) is 7.67. The zero-order valence-electron chi connectivity index (χ0n) is 13.5. The van der Waals surface area contributed by atoms with Gasteiger partial charge in [0.15, 0.2) is 0 Å². The van der Waals surface area contributed by atoms with Crippen LogP contribution in [-0.2, 0) is 0 Å². The molecule has 0 aliphatic carbocycles. The number of rotatable bonds is 5. The molecule has 0 aliphatic heterocycles. The molecule has 26 heavy (non-hydrogen) atoms. The topological polar surface area (TPSA) is 84.3 Å². The van der Waals surface area contributed by atoms with E-state index in [1.165, 1.54) is 18.2 Å². The molecule has 3 aromatic rings.